The van der Waals surface area contributed by atoms with Gasteiger partial charge in [0.05, 0.1) is 28.7 Å². The number of amides is 1. The molecule has 0 radical (unpaired) electrons. The van der Waals surface area contributed by atoms with Gasteiger partial charge in [0.25, 0.3) is 11.8 Å². The first-order valence-corrected chi connectivity index (χ1v) is 9.66. The van der Waals surface area contributed by atoms with Crippen molar-refractivity contribution < 1.29 is 9.32 Å². The van der Waals surface area contributed by atoms with Crippen LogP contribution in [0.15, 0.2) is 53.3 Å². The molecule has 4 rings (SSSR count). The number of pyridine rings is 1. The van der Waals surface area contributed by atoms with Gasteiger partial charge in [-0.25, -0.2) is 9.67 Å². The molecule has 0 saturated carbocycles. The van der Waals surface area contributed by atoms with Gasteiger partial charge in [-0.05, 0) is 37.6 Å². The molecule has 8 nitrogen and oxygen atoms in total. The molecule has 0 aliphatic rings. The maximum absolute atomic E-state index is 13.1. The van der Waals surface area contributed by atoms with Crippen LogP contribution in [-0.2, 0) is 0 Å². The average molecular weight is 402 g/mol. The summed E-state index contributed by atoms with van der Waals surface area (Å²) in [7, 11) is 0. The van der Waals surface area contributed by atoms with E-state index in [1.807, 2.05) is 64.1 Å². The molecule has 3 heterocycles. The Balaban J connectivity index is 1.67. The van der Waals surface area contributed by atoms with Gasteiger partial charge >= 0.3 is 0 Å². The van der Waals surface area contributed by atoms with E-state index in [-0.39, 0.29) is 11.8 Å². The number of rotatable bonds is 5. The summed E-state index contributed by atoms with van der Waals surface area (Å²) in [6.07, 6.45) is 3.23. The van der Waals surface area contributed by atoms with Crippen LogP contribution in [0.25, 0.3) is 17.3 Å². The summed E-state index contributed by atoms with van der Waals surface area (Å²) in [5.74, 6) is 1.52. The lowest BCUT2D eigenvalue weighted by Gasteiger charge is -2.12. The highest BCUT2D eigenvalue weighted by atomic mass is 16.5. The second-order valence-electron chi connectivity index (χ2n) is 7.31. The zero-order valence-electron chi connectivity index (χ0n) is 17.2. The Morgan fingerprint density at radius 1 is 1.13 bits per heavy atom. The lowest BCUT2D eigenvalue weighted by molar-refractivity contribution is 0.102. The van der Waals surface area contributed by atoms with Crippen molar-refractivity contribution in [3.63, 3.8) is 0 Å². The highest BCUT2D eigenvalue weighted by Crippen LogP contribution is 2.31. The van der Waals surface area contributed by atoms with Gasteiger partial charge < -0.3 is 9.84 Å². The normalized spacial score (nSPS) is 11.1. The molecule has 4 aromatic rings. The van der Waals surface area contributed by atoms with Crippen LogP contribution in [0.4, 0.5) is 5.69 Å². The summed E-state index contributed by atoms with van der Waals surface area (Å²) >= 11 is 0. The van der Waals surface area contributed by atoms with Crippen LogP contribution in [0.2, 0.25) is 0 Å². The molecule has 0 atom stereocenters. The Hall–Kier alpha value is -3.81. The summed E-state index contributed by atoms with van der Waals surface area (Å²) in [5, 5.41) is 11.4. The second kappa shape index (κ2) is 7.90. The number of carbonyl (C=O) groups is 1. The standard InChI is InChI=1S/C22H22N6O2/c1-13(2)20-26-22(30-27-20)16-9-7-8-14(3)19(16)25-21(29)17-12-24-28(15(17)4)18-10-5-6-11-23-18/h5-13H,1-4H3,(H,25,29). The number of aromatic nitrogens is 5. The predicted molar refractivity (Wildman–Crippen MR) is 113 cm³/mol. The van der Waals surface area contributed by atoms with Gasteiger partial charge in [-0.1, -0.05) is 37.2 Å². The van der Waals surface area contributed by atoms with Crippen molar-refractivity contribution in [2.24, 2.45) is 0 Å². The number of hydrogen-bond acceptors (Lipinski definition) is 6. The van der Waals surface area contributed by atoms with E-state index < -0.39 is 0 Å². The van der Waals surface area contributed by atoms with Crippen LogP contribution >= 0.6 is 0 Å². The molecule has 1 N–H and O–H groups in total. The van der Waals surface area contributed by atoms with Crippen molar-refractivity contribution in [2.45, 2.75) is 33.6 Å². The molecule has 30 heavy (non-hydrogen) atoms. The molecule has 152 valence electrons. The van der Waals surface area contributed by atoms with E-state index in [1.54, 1.807) is 17.1 Å². The Morgan fingerprint density at radius 3 is 2.67 bits per heavy atom. The van der Waals surface area contributed by atoms with Gasteiger partial charge in [-0.15, -0.1) is 0 Å². The minimum Gasteiger partial charge on any atom is -0.334 e. The molecule has 1 amide bonds. The summed E-state index contributed by atoms with van der Waals surface area (Å²) in [6, 6.07) is 11.2. The van der Waals surface area contributed by atoms with Crippen molar-refractivity contribution >= 4 is 11.6 Å². The molecule has 0 aliphatic heterocycles. The highest BCUT2D eigenvalue weighted by Gasteiger charge is 2.21. The smallest absolute Gasteiger partial charge is 0.260 e. The molecule has 3 aromatic heterocycles. The zero-order valence-corrected chi connectivity index (χ0v) is 17.2. The van der Waals surface area contributed by atoms with Crippen molar-refractivity contribution in [3.05, 3.63) is 71.4 Å². The molecule has 0 aliphatic carbocycles. The van der Waals surface area contributed by atoms with Gasteiger partial charge in [0.15, 0.2) is 11.6 Å². The Bertz CT molecular complexity index is 1190. The number of anilines is 1. The summed E-state index contributed by atoms with van der Waals surface area (Å²) in [4.78, 5) is 21.8. The van der Waals surface area contributed by atoms with Crippen molar-refractivity contribution in [2.75, 3.05) is 5.32 Å². The number of para-hydroxylation sites is 1. The molecular formula is C22H22N6O2. The third kappa shape index (κ3) is 3.59. The Labute approximate surface area is 174 Å². The lowest BCUT2D eigenvalue weighted by Crippen LogP contribution is -2.15. The number of nitrogens with zero attached hydrogens (tertiary/aromatic N) is 5. The third-order valence-electron chi connectivity index (χ3n) is 4.82. The Morgan fingerprint density at radius 2 is 1.97 bits per heavy atom. The van der Waals surface area contributed by atoms with Gasteiger partial charge in [-0.3, -0.25) is 4.79 Å². The topological polar surface area (TPSA) is 98.7 Å². The van der Waals surface area contributed by atoms with E-state index in [2.05, 4.69) is 25.5 Å². The zero-order chi connectivity index (χ0) is 21.3. The molecule has 0 fully saturated rings. The molecular weight excluding hydrogens is 380 g/mol. The Kier molecular flexibility index (Phi) is 5.14. The van der Waals surface area contributed by atoms with Crippen LogP contribution in [0, 0.1) is 13.8 Å². The van der Waals surface area contributed by atoms with Gasteiger partial charge in [0, 0.05) is 12.1 Å². The first-order chi connectivity index (χ1) is 14.5. The SMILES string of the molecule is Cc1cccc(-c2nc(C(C)C)no2)c1NC(=O)c1cnn(-c2ccccn2)c1C. The van der Waals surface area contributed by atoms with Gasteiger partial charge in [0.2, 0.25) is 0 Å². The highest BCUT2D eigenvalue weighted by molar-refractivity contribution is 6.07. The van der Waals surface area contributed by atoms with E-state index in [9.17, 15) is 4.79 Å². The van der Waals surface area contributed by atoms with Crippen LogP contribution in [0.5, 0.6) is 0 Å². The largest absolute Gasteiger partial charge is 0.334 e. The number of benzene rings is 1. The quantitative estimate of drug-likeness (QED) is 0.534. The van der Waals surface area contributed by atoms with Crippen molar-refractivity contribution in [1.82, 2.24) is 24.9 Å². The second-order valence-corrected chi connectivity index (χ2v) is 7.31. The van der Waals surface area contributed by atoms with Gasteiger partial charge in [-0.2, -0.15) is 10.1 Å². The van der Waals surface area contributed by atoms with Crippen LogP contribution in [0.3, 0.4) is 0 Å². The minimum atomic E-state index is -0.270. The van der Waals surface area contributed by atoms with E-state index in [0.29, 0.717) is 40.0 Å². The van der Waals surface area contributed by atoms with Crippen LogP contribution in [0.1, 0.15) is 47.2 Å². The third-order valence-corrected chi connectivity index (χ3v) is 4.82. The van der Waals surface area contributed by atoms with E-state index in [0.717, 1.165) is 5.56 Å². The lowest BCUT2D eigenvalue weighted by atomic mass is 10.1. The fourth-order valence-corrected chi connectivity index (χ4v) is 3.11. The van der Waals surface area contributed by atoms with Gasteiger partial charge in [0.1, 0.15) is 0 Å². The van der Waals surface area contributed by atoms with Crippen molar-refractivity contribution in [1.29, 1.82) is 0 Å². The number of carbonyl (C=O) groups excluding carboxylic acids is 1. The fourth-order valence-electron chi connectivity index (χ4n) is 3.11. The van der Waals surface area contributed by atoms with E-state index in [4.69, 9.17) is 4.52 Å². The average Bonchev–Trinajstić information content (AvgIpc) is 3.37. The molecule has 0 bridgehead atoms. The van der Waals surface area contributed by atoms with Crippen LogP contribution in [-0.4, -0.2) is 30.8 Å². The minimum absolute atomic E-state index is 0.144. The number of hydrogen-bond donors (Lipinski definition) is 1. The maximum Gasteiger partial charge on any atom is 0.260 e. The first-order valence-electron chi connectivity index (χ1n) is 9.66. The monoisotopic (exact) mass is 402 g/mol. The fraction of sp³-hybridized carbons (Fsp3) is 0.227. The molecule has 0 saturated heterocycles. The maximum atomic E-state index is 13.1. The summed E-state index contributed by atoms with van der Waals surface area (Å²) < 4.78 is 7.08. The van der Waals surface area contributed by atoms with Crippen LogP contribution < -0.4 is 5.32 Å². The summed E-state index contributed by atoms with van der Waals surface area (Å²) in [6.45, 7) is 7.75. The predicted octanol–water partition coefficient (Wildman–Crippen LogP) is 4.31. The summed E-state index contributed by atoms with van der Waals surface area (Å²) in [5.41, 5.74) is 3.35. The molecule has 0 unspecified atom stereocenters. The molecule has 1 aromatic carbocycles. The van der Waals surface area contributed by atoms with E-state index >= 15 is 0 Å². The number of aryl methyl sites for hydroxylation is 1. The van der Waals surface area contributed by atoms with Crippen molar-refractivity contribution in [3.8, 4) is 17.3 Å². The first kappa shape index (κ1) is 19.5. The van der Waals surface area contributed by atoms with E-state index in [1.165, 1.54) is 0 Å². The number of nitrogens with one attached hydrogen (secondary N) is 1. The molecule has 8 heteroatoms. The molecule has 0 spiro atoms.